The topological polar surface area (TPSA) is 83.7 Å². The first-order chi connectivity index (χ1) is 9.66. The van der Waals surface area contributed by atoms with Gasteiger partial charge in [-0.25, -0.2) is 4.98 Å². The average molecular weight is 275 g/mol. The van der Waals surface area contributed by atoms with Gasteiger partial charge < -0.3 is 14.8 Å². The lowest BCUT2D eigenvalue weighted by molar-refractivity contribution is -0.137. The molecular formula is C14H17N3O3. The predicted octanol–water partition coefficient (Wildman–Crippen LogP) is 1.71. The number of hydrogen-bond acceptors (Lipinski definition) is 3. The molecule has 2 aromatic rings. The quantitative estimate of drug-likeness (QED) is 0.753. The minimum atomic E-state index is -0.775. The first kappa shape index (κ1) is 14.0. The van der Waals surface area contributed by atoms with Crippen molar-refractivity contribution in [3.8, 4) is 0 Å². The Labute approximate surface area is 116 Å². The van der Waals surface area contributed by atoms with Crippen LogP contribution in [0.15, 0.2) is 30.7 Å². The van der Waals surface area contributed by atoms with Crippen LogP contribution in [-0.4, -0.2) is 32.9 Å². The predicted molar refractivity (Wildman–Crippen MR) is 73.6 cm³/mol. The van der Waals surface area contributed by atoms with Gasteiger partial charge in [-0.3, -0.25) is 9.59 Å². The highest BCUT2D eigenvalue weighted by atomic mass is 16.4. The summed E-state index contributed by atoms with van der Waals surface area (Å²) in [4.78, 5) is 26.4. The Kier molecular flexibility index (Phi) is 4.70. The fraction of sp³-hybridized carbons (Fsp3) is 0.357. The summed E-state index contributed by atoms with van der Waals surface area (Å²) in [5.74, 6) is -0.901. The van der Waals surface area contributed by atoms with Crippen molar-refractivity contribution in [2.45, 2.75) is 25.7 Å². The van der Waals surface area contributed by atoms with Crippen LogP contribution in [0, 0.1) is 0 Å². The summed E-state index contributed by atoms with van der Waals surface area (Å²) in [6.07, 6.45) is 7.62. The van der Waals surface area contributed by atoms with E-state index in [1.165, 1.54) is 0 Å². The molecule has 6 nitrogen and oxygen atoms in total. The number of aromatic nitrogens is 2. The van der Waals surface area contributed by atoms with Gasteiger partial charge in [0.1, 0.15) is 5.65 Å². The van der Waals surface area contributed by atoms with Gasteiger partial charge in [-0.15, -0.1) is 0 Å². The number of carbonyl (C=O) groups is 2. The summed E-state index contributed by atoms with van der Waals surface area (Å²) in [5, 5.41) is 11.3. The lowest BCUT2D eigenvalue weighted by atomic mass is 10.2. The van der Waals surface area contributed by atoms with Gasteiger partial charge in [-0.05, 0) is 25.0 Å². The molecule has 0 aliphatic carbocycles. The summed E-state index contributed by atoms with van der Waals surface area (Å²) < 4.78 is 1.79. The monoisotopic (exact) mass is 275 g/mol. The van der Waals surface area contributed by atoms with Gasteiger partial charge in [0, 0.05) is 31.6 Å². The Bertz CT molecular complexity index is 606. The summed E-state index contributed by atoms with van der Waals surface area (Å²) in [6.45, 7) is 0.556. The summed E-state index contributed by atoms with van der Waals surface area (Å²) in [7, 11) is 0. The molecule has 20 heavy (non-hydrogen) atoms. The lowest BCUT2D eigenvalue weighted by Gasteiger charge is -2.05. The van der Waals surface area contributed by atoms with E-state index in [1.807, 2.05) is 0 Å². The van der Waals surface area contributed by atoms with Crippen LogP contribution in [0.2, 0.25) is 0 Å². The van der Waals surface area contributed by atoms with Crippen LogP contribution in [0.1, 0.15) is 36.0 Å². The van der Waals surface area contributed by atoms with Crippen LogP contribution in [0.4, 0.5) is 0 Å². The average Bonchev–Trinajstić information content (AvgIpc) is 2.89. The summed E-state index contributed by atoms with van der Waals surface area (Å²) >= 11 is 0. The third-order valence-corrected chi connectivity index (χ3v) is 3.00. The molecule has 0 unspecified atom stereocenters. The molecule has 2 rings (SSSR count). The molecule has 0 saturated heterocycles. The minimum absolute atomic E-state index is 0.126. The number of carbonyl (C=O) groups excluding carboxylic acids is 1. The van der Waals surface area contributed by atoms with Crippen molar-refractivity contribution in [3.05, 3.63) is 36.3 Å². The van der Waals surface area contributed by atoms with Crippen LogP contribution < -0.4 is 5.32 Å². The number of unbranched alkanes of at least 4 members (excludes halogenated alkanes) is 2. The lowest BCUT2D eigenvalue weighted by Crippen LogP contribution is -2.24. The van der Waals surface area contributed by atoms with E-state index in [0.717, 1.165) is 18.5 Å². The second kappa shape index (κ2) is 6.70. The standard InChI is InChI=1S/C14H17N3O3/c18-13(19)4-2-1-3-7-16-14(20)11-5-6-12-15-8-9-17(12)10-11/h5-6,8-10H,1-4,7H2,(H,16,20)(H,18,19). The van der Waals surface area contributed by atoms with Crippen molar-refractivity contribution in [3.63, 3.8) is 0 Å². The van der Waals surface area contributed by atoms with Crippen LogP contribution in [0.5, 0.6) is 0 Å². The van der Waals surface area contributed by atoms with E-state index in [2.05, 4.69) is 10.3 Å². The van der Waals surface area contributed by atoms with Gasteiger partial charge in [0.25, 0.3) is 5.91 Å². The molecule has 0 spiro atoms. The molecule has 0 fully saturated rings. The number of hydrogen-bond donors (Lipinski definition) is 2. The van der Waals surface area contributed by atoms with Crippen LogP contribution in [0.25, 0.3) is 5.65 Å². The van der Waals surface area contributed by atoms with Crippen LogP contribution in [0.3, 0.4) is 0 Å². The van der Waals surface area contributed by atoms with Gasteiger partial charge in [0.05, 0.1) is 5.56 Å². The molecule has 0 atom stereocenters. The number of pyridine rings is 1. The third-order valence-electron chi connectivity index (χ3n) is 3.00. The molecule has 0 aliphatic heterocycles. The first-order valence-corrected chi connectivity index (χ1v) is 6.59. The molecular weight excluding hydrogens is 258 g/mol. The molecule has 0 saturated carbocycles. The van der Waals surface area contributed by atoms with Gasteiger partial charge in [-0.2, -0.15) is 0 Å². The fourth-order valence-corrected chi connectivity index (χ4v) is 1.94. The maximum absolute atomic E-state index is 11.9. The largest absolute Gasteiger partial charge is 0.481 e. The Morgan fingerprint density at radius 1 is 1.25 bits per heavy atom. The molecule has 6 heteroatoms. The molecule has 2 N–H and O–H groups in total. The smallest absolute Gasteiger partial charge is 0.303 e. The second-order valence-electron chi connectivity index (χ2n) is 4.57. The first-order valence-electron chi connectivity index (χ1n) is 6.59. The Morgan fingerprint density at radius 3 is 2.90 bits per heavy atom. The fourth-order valence-electron chi connectivity index (χ4n) is 1.94. The molecule has 2 aromatic heterocycles. The Morgan fingerprint density at radius 2 is 2.10 bits per heavy atom. The molecule has 2 heterocycles. The maximum atomic E-state index is 11.9. The number of carboxylic acid groups (broad SMARTS) is 1. The van der Waals surface area contributed by atoms with E-state index in [-0.39, 0.29) is 12.3 Å². The molecule has 0 aromatic carbocycles. The third kappa shape index (κ3) is 3.81. The van der Waals surface area contributed by atoms with Crippen LogP contribution in [-0.2, 0) is 4.79 Å². The van der Waals surface area contributed by atoms with E-state index in [1.54, 1.807) is 35.1 Å². The highest BCUT2D eigenvalue weighted by molar-refractivity contribution is 5.94. The SMILES string of the molecule is O=C(O)CCCCCNC(=O)c1ccc2nccn2c1. The molecule has 1 amide bonds. The van der Waals surface area contributed by atoms with Crippen molar-refractivity contribution >= 4 is 17.5 Å². The normalized spacial score (nSPS) is 10.6. The molecule has 0 bridgehead atoms. The number of rotatable bonds is 7. The van der Waals surface area contributed by atoms with Crippen molar-refractivity contribution in [2.75, 3.05) is 6.54 Å². The van der Waals surface area contributed by atoms with Crippen molar-refractivity contribution in [2.24, 2.45) is 0 Å². The van der Waals surface area contributed by atoms with E-state index in [0.29, 0.717) is 18.5 Å². The van der Waals surface area contributed by atoms with Gasteiger partial charge in [0.2, 0.25) is 0 Å². The van der Waals surface area contributed by atoms with Gasteiger partial charge in [-0.1, -0.05) is 6.42 Å². The van der Waals surface area contributed by atoms with Gasteiger partial charge >= 0.3 is 5.97 Å². The number of nitrogens with one attached hydrogen (secondary N) is 1. The van der Waals surface area contributed by atoms with E-state index in [9.17, 15) is 9.59 Å². The Balaban J connectivity index is 1.75. The Hall–Kier alpha value is -2.37. The molecule has 0 aliphatic rings. The number of aliphatic carboxylic acids is 1. The summed E-state index contributed by atoms with van der Waals surface area (Å²) in [6, 6.07) is 3.53. The van der Waals surface area contributed by atoms with Crippen molar-refractivity contribution in [1.82, 2.24) is 14.7 Å². The zero-order chi connectivity index (χ0) is 14.4. The number of imidazole rings is 1. The van der Waals surface area contributed by atoms with E-state index in [4.69, 9.17) is 5.11 Å². The zero-order valence-electron chi connectivity index (χ0n) is 11.1. The molecule has 0 radical (unpaired) electrons. The van der Waals surface area contributed by atoms with Gasteiger partial charge in [0.15, 0.2) is 0 Å². The number of nitrogens with zero attached hydrogens (tertiary/aromatic N) is 2. The number of amides is 1. The van der Waals surface area contributed by atoms with Crippen molar-refractivity contribution in [1.29, 1.82) is 0 Å². The van der Waals surface area contributed by atoms with Crippen molar-refractivity contribution < 1.29 is 14.7 Å². The summed E-state index contributed by atoms with van der Waals surface area (Å²) in [5.41, 5.74) is 1.39. The highest BCUT2D eigenvalue weighted by Gasteiger charge is 2.06. The molecule has 106 valence electrons. The maximum Gasteiger partial charge on any atom is 0.303 e. The number of fused-ring (bicyclic) bond motifs is 1. The van der Waals surface area contributed by atoms with Crippen LogP contribution >= 0.6 is 0 Å². The number of carboxylic acids is 1. The highest BCUT2D eigenvalue weighted by Crippen LogP contribution is 2.05. The second-order valence-corrected chi connectivity index (χ2v) is 4.57. The minimum Gasteiger partial charge on any atom is -0.481 e. The van der Waals surface area contributed by atoms with E-state index >= 15 is 0 Å². The zero-order valence-corrected chi connectivity index (χ0v) is 11.1. The van der Waals surface area contributed by atoms with E-state index < -0.39 is 5.97 Å².